The first-order chi connectivity index (χ1) is 10.2. The van der Waals surface area contributed by atoms with Crippen molar-refractivity contribution in [2.75, 3.05) is 5.75 Å². The van der Waals surface area contributed by atoms with Crippen molar-refractivity contribution in [3.05, 3.63) is 54.4 Å². The lowest BCUT2D eigenvalue weighted by molar-refractivity contribution is -0.117. The first-order valence-electron chi connectivity index (χ1n) is 6.68. The van der Waals surface area contributed by atoms with E-state index in [1.165, 1.54) is 17.3 Å². The lowest BCUT2D eigenvalue weighted by Gasteiger charge is -2.07. The Labute approximate surface area is 128 Å². The predicted octanol–water partition coefficient (Wildman–Crippen LogP) is 2.02. The summed E-state index contributed by atoms with van der Waals surface area (Å²) in [5.41, 5.74) is 6.33. The van der Waals surface area contributed by atoms with E-state index in [9.17, 15) is 4.79 Å². The third kappa shape index (κ3) is 4.46. The molecule has 5 nitrogen and oxygen atoms in total. The number of nitrogens with two attached hydrogens (primary N) is 1. The quantitative estimate of drug-likeness (QED) is 0.598. The van der Waals surface area contributed by atoms with Gasteiger partial charge in [0.15, 0.2) is 5.16 Å². The molecule has 0 aliphatic rings. The second-order valence-electron chi connectivity index (χ2n) is 4.53. The highest BCUT2D eigenvalue weighted by atomic mass is 32.2. The van der Waals surface area contributed by atoms with Crippen LogP contribution in [-0.2, 0) is 17.8 Å². The lowest BCUT2D eigenvalue weighted by atomic mass is 10.1. The topological polar surface area (TPSA) is 73.8 Å². The van der Waals surface area contributed by atoms with Gasteiger partial charge in [-0.2, -0.15) is 0 Å². The third-order valence-electron chi connectivity index (χ3n) is 2.89. The van der Waals surface area contributed by atoms with Crippen molar-refractivity contribution in [1.82, 2.24) is 14.8 Å². The normalized spacial score (nSPS) is 10.5. The smallest absolute Gasteiger partial charge is 0.218 e. The number of primary amides is 1. The van der Waals surface area contributed by atoms with Crippen molar-refractivity contribution in [2.45, 2.75) is 24.5 Å². The Morgan fingerprint density at radius 2 is 2.10 bits per heavy atom. The molecule has 0 spiro atoms. The van der Waals surface area contributed by atoms with Crippen molar-refractivity contribution in [3.8, 4) is 0 Å². The second kappa shape index (κ2) is 7.64. The Morgan fingerprint density at radius 1 is 1.33 bits per heavy atom. The standard InChI is InChI=1S/C15H18N4OS/c1-2-9-19-14(11-12-6-4-3-5-7-12)17-18-15(19)21-10-8-13(16)20/h2-7H,1,8-11H2,(H2,16,20). The number of allylic oxidation sites excluding steroid dienone is 1. The molecule has 110 valence electrons. The van der Waals surface area contributed by atoms with E-state index in [1.807, 2.05) is 28.8 Å². The van der Waals surface area contributed by atoms with Gasteiger partial charge in [-0.1, -0.05) is 48.2 Å². The number of nitrogens with zero attached hydrogens (tertiary/aromatic N) is 3. The minimum absolute atomic E-state index is 0.304. The van der Waals surface area contributed by atoms with Gasteiger partial charge in [0, 0.05) is 25.1 Å². The molecular weight excluding hydrogens is 284 g/mol. The molecule has 6 heteroatoms. The van der Waals surface area contributed by atoms with Crippen LogP contribution in [0.25, 0.3) is 0 Å². The molecular formula is C15H18N4OS. The molecule has 2 aromatic rings. The maximum absolute atomic E-state index is 10.8. The summed E-state index contributed by atoms with van der Waals surface area (Å²) in [7, 11) is 0. The maximum atomic E-state index is 10.8. The predicted molar refractivity (Wildman–Crippen MR) is 84.0 cm³/mol. The van der Waals surface area contributed by atoms with Gasteiger partial charge < -0.3 is 10.3 Å². The summed E-state index contributed by atoms with van der Waals surface area (Å²) < 4.78 is 2.02. The van der Waals surface area contributed by atoms with Crippen molar-refractivity contribution < 1.29 is 4.79 Å². The van der Waals surface area contributed by atoms with E-state index in [0.29, 0.717) is 18.7 Å². The van der Waals surface area contributed by atoms with Gasteiger partial charge in [0.1, 0.15) is 5.82 Å². The van der Waals surface area contributed by atoms with E-state index in [2.05, 4.69) is 28.9 Å². The number of amides is 1. The van der Waals surface area contributed by atoms with E-state index >= 15 is 0 Å². The molecule has 0 saturated carbocycles. The van der Waals surface area contributed by atoms with Crippen molar-refractivity contribution >= 4 is 17.7 Å². The molecule has 0 radical (unpaired) electrons. The third-order valence-corrected chi connectivity index (χ3v) is 3.86. The molecule has 1 aromatic carbocycles. The minimum atomic E-state index is -0.304. The second-order valence-corrected chi connectivity index (χ2v) is 5.59. The van der Waals surface area contributed by atoms with E-state index in [4.69, 9.17) is 5.73 Å². The first kappa shape index (κ1) is 15.3. The average Bonchev–Trinajstić information content (AvgIpc) is 2.83. The van der Waals surface area contributed by atoms with Gasteiger partial charge in [0.2, 0.25) is 5.91 Å². The van der Waals surface area contributed by atoms with Gasteiger partial charge in [0.25, 0.3) is 0 Å². The molecule has 2 rings (SSSR count). The zero-order valence-corrected chi connectivity index (χ0v) is 12.6. The van der Waals surface area contributed by atoms with Crippen molar-refractivity contribution in [3.63, 3.8) is 0 Å². The zero-order valence-electron chi connectivity index (χ0n) is 11.7. The maximum Gasteiger partial charge on any atom is 0.218 e. The van der Waals surface area contributed by atoms with Gasteiger partial charge in [0.05, 0.1) is 0 Å². The van der Waals surface area contributed by atoms with Gasteiger partial charge in [-0.3, -0.25) is 4.79 Å². The number of aromatic nitrogens is 3. The van der Waals surface area contributed by atoms with Gasteiger partial charge in [-0.05, 0) is 5.56 Å². The zero-order chi connectivity index (χ0) is 15.1. The highest BCUT2D eigenvalue weighted by Crippen LogP contribution is 2.19. The Bertz CT molecular complexity index is 609. The lowest BCUT2D eigenvalue weighted by Crippen LogP contribution is -2.11. The van der Waals surface area contributed by atoms with E-state index in [1.54, 1.807) is 0 Å². The van der Waals surface area contributed by atoms with E-state index in [-0.39, 0.29) is 5.91 Å². The summed E-state index contributed by atoms with van der Waals surface area (Å²) in [6.45, 7) is 4.42. The Balaban J connectivity index is 2.12. The molecule has 1 amide bonds. The van der Waals surface area contributed by atoms with Crippen LogP contribution in [0.4, 0.5) is 0 Å². The number of thioether (sulfide) groups is 1. The highest BCUT2D eigenvalue weighted by molar-refractivity contribution is 7.99. The van der Waals surface area contributed by atoms with Crippen LogP contribution in [0.5, 0.6) is 0 Å². The van der Waals surface area contributed by atoms with Crippen LogP contribution in [0.2, 0.25) is 0 Å². The molecule has 0 aliphatic carbocycles. The minimum Gasteiger partial charge on any atom is -0.370 e. The van der Waals surface area contributed by atoms with Crippen LogP contribution in [0.15, 0.2) is 48.1 Å². The fourth-order valence-electron chi connectivity index (χ4n) is 1.89. The molecule has 1 aromatic heterocycles. The fraction of sp³-hybridized carbons (Fsp3) is 0.267. The summed E-state index contributed by atoms with van der Waals surface area (Å²) in [5, 5.41) is 9.25. The Morgan fingerprint density at radius 3 is 2.76 bits per heavy atom. The summed E-state index contributed by atoms with van der Waals surface area (Å²) in [6.07, 6.45) is 2.87. The number of carbonyl (C=O) groups is 1. The highest BCUT2D eigenvalue weighted by Gasteiger charge is 2.12. The van der Waals surface area contributed by atoms with Crippen LogP contribution in [0.3, 0.4) is 0 Å². The Hall–Kier alpha value is -2.08. The Kier molecular flexibility index (Phi) is 5.57. The number of hydrogen-bond donors (Lipinski definition) is 1. The molecule has 0 aliphatic heterocycles. The molecule has 21 heavy (non-hydrogen) atoms. The van der Waals surface area contributed by atoms with Crippen LogP contribution in [0.1, 0.15) is 17.8 Å². The first-order valence-corrected chi connectivity index (χ1v) is 7.67. The van der Waals surface area contributed by atoms with E-state index in [0.717, 1.165) is 17.4 Å². The van der Waals surface area contributed by atoms with Crippen LogP contribution >= 0.6 is 11.8 Å². The fourth-order valence-corrected chi connectivity index (χ4v) is 2.81. The molecule has 0 bridgehead atoms. The number of rotatable bonds is 8. The number of hydrogen-bond acceptors (Lipinski definition) is 4. The van der Waals surface area contributed by atoms with Crippen molar-refractivity contribution in [1.29, 1.82) is 0 Å². The van der Waals surface area contributed by atoms with Crippen LogP contribution < -0.4 is 5.73 Å². The summed E-state index contributed by atoms with van der Waals surface area (Å²) >= 11 is 1.49. The summed E-state index contributed by atoms with van der Waals surface area (Å²) in [6, 6.07) is 10.1. The molecule has 2 N–H and O–H groups in total. The van der Waals surface area contributed by atoms with Gasteiger partial charge in [-0.15, -0.1) is 16.8 Å². The summed E-state index contributed by atoms with van der Waals surface area (Å²) in [4.78, 5) is 10.8. The monoisotopic (exact) mass is 302 g/mol. The van der Waals surface area contributed by atoms with Crippen molar-refractivity contribution in [2.24, 2.45) is 5.73 Å². The summed E-state index contributed by atoms with van der Waals surface area (Å²) in [5.74, 6) is 1.19. The average molecular weight is 302 g/mol. The van der Waals surface area contributed by atoms with E-state index < -0.39 is 0 Å². The largest absolute Gasteiger partial charge is 0.370 e. The molecule has 0 fully saturated rings. The SMILES string of the molecule is C=CCn1c(Cc2ccccc2)nnc1SCCC(N)=O. The molecule has 0 saturated heterocycles. The number of carbonyl (C=O) groups excluding carboxylic acids is 1. The van der Waals surface area contributed by atoms with Crippen LogP contribution in [0, 0.1) is 0 Å². The van der Waals surface area contributed by atoms with Gasteiger partial charge in [-0.25, -0.2) is 0 Å². The van der Waals surface area contributed by atoms with Gasteiger partial charge >= 0.3 is 0 Å². The molecule has 0 unspecified atom stereocenters. The molecule has 1 heterocycles. The number of benzene rings is 1. The van der Waals surface area contributed by atoms with Crippen LogP contribution in [-0.4, -0.2) is 26.4 Å². The molecule has 0 atom stereocenters.